The second kappa shape index (κ2) is 7.20. The average Bonchev–Trinajstić information content (AvgIpc) is 3.15. The van der Waals surface area contributed by atoms with Crippen LogP contribution in [0.5, 0.6) is 0 Å². The van der Waals surface area contributed by atoms with Gasteiger partial charge in [0.2, 0.25) is 0 Å². The fraction of sp³-hybridized carbons (Fsp3) is 0.375. The summed E-state index contributed by atoms with van der Waals surface area (Å²) in [5, 5.41) is 14.0. The number of nitriles is 1. The number of thiophene rings is 1. The van der Waals surface area contributed by atoms with Gasteiger partial charge in [0.25, 0.3) is 5.91 Å². The number of carbonyl (C=O) groups is 1. The Bertz CT molecular complexity index is 702. The zero-order valence-corrected chi connectivity index (χ0v) is 13.4. The monoisotopic (exact) mass is 327 g/mol. The predicted molar refractivity (Wildman–Crippen MR) is 88.3 cm³/mol. The molecule has 0 aromatic carbocycles. The van der Waals surface area contributed by atoms with Crippen LogP contribution >= 0.6 is 11.3 Å². The summed E-state index contributed by atoms with van der Waals surface area (Å²) >= 11 is 1.45. The second-order valence-electron chi connectivity index (χ2n) is 5.46. The maximum atomic E-state index is 12.0. The van der Waals surface area contributed by atoms with Gasteiger partial charge in [-0.2, -0.15) is 5.26 Å². The minimum Gasteiger partial charge on any atom is -0.354 e. The van der Waals surface area contributed by atoms with Gasteiger partial charge in [-0.3, -0.25) is 4.79 Å². The maximum Gasteiger partial charge on any atom is 0.261 e. The molecule has 3 heterocycles. The molecule has 23 heavy (non-hydrogen) atoms. The number of hydrogen-bond donors (Lipinski definition) is 1. The van der Waals surface area contributed by atoms with Gasteiger partial charge in [-0.15, -0.1) is 11.3 Å². The standard InChI is InChI=1S/C16H17N5OS/c17-10-13-15(19-6-5-18-13)21-7-3-12(4-8-21)11-20-16(22)14-2-1-9-23-14/h1-2,5-6,9,12H,3-4,7-8,11H2,(H,20,22). The van der Waals surface area contributed by atoms with Crippen molar-refractivity contribution in [2.24, 2.45) is 5.92 Å². The van der Waals surface area contributed by atoms with Gasteiger partial charge < -0.3 is 10.2 Å². The van der Waals surface area contributed by atoms with E-state index in [9.17, 15) is 4.79 Å². The Hall–Kier alpha value is -2.46. The predicted octanol–water partition coefficient (Wildman–Crippen LogP) is 2.06. The molecular weight excluding hydrogens is 310 g/mol. The van der Waals surface area contributed by atoms with Crippen LogP contribution in [-0.4, -0.2) is 35.5 Å². The summed E-state index contributed by atoms with van der Waals surface area (Å²) in [6.45, 7) is 2.34. The van der Waals surface area contributed by atoms with E-state index >= 15 is 0 Å². The minimum atomic E-state index is 0.00289. The fourth-order valence-corrected chi connectivity index (χ4v) is 3.36. The Kier molecular flexibility index (Phi) is 4.83. The summed E-state index contributed by atoms with van der Waals surface area (Å²) in [5.41, 5.74) is 0.372. The van der Waals surface area contributed by atoms with E-state index in [-0.39, 0.29) is 5.91 Å². The van der Waals surface area contributed by atoms with Crippen LogP contribution in [0.25, 0.3) is 0 Å². The first-order valence-electron chi connectivity index (χ1n) is 7.55. The van der Waals surface area contributed by atoms with Gasteiger partial charge in [0.1, 0.15) is 6.07 Å². The highest BCUT2D eigenvalue weighted by molar-refractivity contribution is 7.12. The summed E-state index contributed by atoms with van der Waals surface area (Å²) in [5.74, 6) is 1.12. The summed E-state index contributed by atoms with van der Waals surface area (Å²) in [7, 11) is 0. The normalized spacial score (nSPS) is 15.2. The zero-order valence-electron chi connectivity index (χ0n) is 12.6. The quantitative estimate of drug-likeness (QED) is 0.929. The van der Waals surface area contributed by atoms with Crippen LogP contribution in [0, 0.1) is 17.2 Å². The molecule has 1 amide bonds. The number of nitrogens with zero attached hydrogens (tertiary/aromatic N) is 4. The van der Waals surface area contributed by atoms with Crippen molar-refractivity contribution < 1.29 is 4.79 Å². The van der Waals surface area contributed by atoms with E-state index in [0.717, 1.165) is 30.8 Å². The number of amides is 1. The van der Waals surface area contributed by atoms with Gasteiger partial charge in [0.05, 0.1) is 4.88 Å². The van der Waals surface area contributed by atoms with E-state index in [0.29, 0.717) is 24.0 Å². The van der Waals surface area contributed by atoms with E-state index in [1.54, 1.807) is 6.20 Å². The second-order valence-corrected chi connectivity index (χ2v) is 6.41. The van der Waals surface area contributed by atoms with Crippen LogP contribution in [0.3, 0.4) is 0 Å². The topological polar surface area (TPSA) is 81.9 Å². The van der Waals surface area contributed by atoms with Gasteiger partial charge in [0.15, 0.2) is 11.5 Å². The molecule has 2 aromatic rings. The number of rotatable bonds is 4. The van der Waals surface area contributed by atoms with Crippen molar-refractivity contribution in [3.63, 3.8) is 0 Å². The van der Waals surface area contributed by atoms with Crippen molar-refractivity contribution >= 4 is 23.1 Å². The Morgan fingerprint density at radius 1 is 1.39 bits per heavy atom. The number of hydrogen-bond acceptors (Lipinski definition) is 6. The van der Waals surface area contributed by atoms with Crippen molar-refractivity contribution in [2.45, 2.75) is 12.8 Å². The molecule has 1 saturated heterocycles. The lowest BCUT2D eigenvalue weighted by Crippen LogP contribution is -2.39. The highest BCUT2D eigenvalue weighted by Gasteiger charge is 2.22. The first kappa shape index (κ1) is 15.4. The van der Waals surface area contributed by atoms with Gasteiger partial charge >= 0.3 is 0 Å². The fourth-order valence-electron chi connectivity index (χ4n) is 2.72. The molecule has 0 atom stereocenters. The van der Waals surface area contributed by atoms with E-state index in [1.807, 2.05) is 17.5 Å². The van der Waals surface area contributed by atoms with Crippen LogP contribution in [0.4, 0.5) is 5.82 Å². The molecule has 0 unspecified atom stereocenters. The smallest absolute Gasteiger partial charge is 0.261 e. The molecular formula is C16H17N5OS. The number of anilines is 1. The molecule has 6 nitrogen and oxygen atoms in total. The molecule has 0 radical (unpaired) electrons. The zero-order chi connectivity index (χ0) is 16.1. The summed E-state index contributed by atoms with van der Waals surface area (Å²) in [6.07, 6.45) is 5.08. The summed E-state index contributed by atoms with van der Waals surface area (Å²) < 4.78 is 0. The van der Waals surface area contributed by atoms with E-state index < -0.39 is 0 Å². The third-order valence-electron chi connectivity index (χ3n) is 4.00. The summed E-state index contributed by atoms with van der Waals surface area (Å²) in [6, 6.07) is 5.80. The highest BCUT2D eigenvalue weighted by atomic mass is 32.1. The molecule has 1 N–H and O–H groups in total. The van der Waals surface area contributed by atoms with Gasteiger partial charge in [0, 0.05) is 32.0 Å². The molecule has 3 rings (SSSR count). The third-order valence-corrected chi connectivity index (χ3v) is 4.86. The molecule has 7 heteroatoms. The lowest BCUT2D eigenvalue weighted by Gasteiger charge is -2.32. The SMILES string of the molecule is N#Cc1nccnc1N1CCC(CNC(=O)c2cccs2)CC1. The Morgan fingerprint density at radius 2 is 2.17 bits per heavy atom. The lowest BCUT2D eigenvalue weighted by atomic mass is 9.96. The Morgan fingerprint density at radius 3 is 2.87 bits per heavy atom. The maximum absolute atomic E-state index is 12.0. The molecule has 0 spiro atoms. The molecule has 2 aromatic heterocycles. The van der Waals surface area contributed by atoms with Crippen LogP contribution in [0.2, 0.25) is 0 Å². The Balaban J connectivity index is 1.51. The van der Waals surface area contributed by atoms with Crippen LogP contribution in [0.15, 0.2) is 29.9 Å². The van der Waals surface area contributed by atoms with Crippen molar-refractivity contribution in [3.8, 4) is 6.07 Å². The molecule has 0 saturated carbocycles. The first-order valence-corrected chi connectivity index (χ1v) is 8.43. The molecule has 1 fully saturated rings. The molecule has 118 valence electrons. The minimum absolute atomic E-state index is 0.00289. The van der Waals surface area contributed by atoms with E-state index in [1.165, 1.54) is 17.5 Å². The van der Waals surface area contributed by atoms with Crippen LogP contribution in [-0.2, 0) is 0 Å². The van der Waals surface area contributed by atoms with Crippen molar-refractivity contribution in [2.75, 3.05) is 24.5 Å². The largest absolute Gasteiger partial charge is 0.354 e. The van der Waals surface area contributed by atoms with Gasteiger partial charge in [-0.05, 0) is 30.2 Å². The van der Waals surface area contributed by atoms with E-state index in [2.05, 4.69) is 26.3 Å². The van der Waals surface area contributed by atoms with Crippen LogP contribution < -0.4 is 10.2 Å². The number of piperidine rings is 1. The number of nitrogens with one attached hydrogen (secondary N) is 1. The van der Waals surface area contributed by atoms with E-state index in [4.69, 9.17) is 5.26 Å². The van der Waals surface area contributed by atoms with Gasteiger partial charge in [-0.25, -0.2) is 9.97 Å². The molecule has 1 aliphatic heterocycles. The molecule has 1 aliphatic rings. The molecule has 0 bridgehead atoms. The highest BCUT2D eigenvalue weighted by Crippen LogP contribution is 2.23. The van der Waals surface area contributed by atoms with Crippen molar-refractivity contribution in [1.82, 2.24) is 15.3 Å². The van der Waals surface area contributed by atoms with Crippen LogP contribution in [0.1, 0.15) is 28.2 Å². The number of aromatic nitrogens is 2. The van der Waals surface area contributed by atoms with Crippen molar-refractivity contribution in [3.05, 3.63) is 40.5 Å². The number of carbonyl (C=O) groups excluding carboxylic acids is 1. The average molecular weight is 327 g/mol. The van der Waals surface area contributed by atoms with Crippen molar-refractivity contribution in [1.29, 1.82) is 5.26 Å². The molecule has 0 aliphatic carbocycles. The van der Waals surface area contributed by atoms with Gasteiger partial charge in [-0.1, -0.05) is 6.07 Å². The Labute approximate surface area is 138 Å². The lowest BCUT2D eigenvalue weighted by molar-refractivity contribution is 0.0949. The first-order chi connectivity index (χ1) is 11.3. The summed E-state index contributed by atoms with van der Waals surface area (Å²) in [4.78, 5) is 23.1. The third kappa shape index (κ3) is 3.66.